The van der Waals surface area contributed by atoms with Gasteiger partial charge in [0.05, 0.1) is 37.1 Å². The second kappa shape index (κ2) is 10.2. The Labute approximate surface area is 205 Å². The molecule has 5 rings (SSSR count). The lowest BCUT2D eigenvalue weighted by Crippen LogP contribution is -2.51. The lowest BCUT2D eigenvalue weighted by atomic mass is 10.0. The highest BCUT2D eigenvalue weighted by molar-refractivity contribution is 5.80. The van der Waals surface area contributed by atoms with Gasteiger partial charge in [0.1, 0.15) is 0 Å². The van der Waals surface area contributed by atoms with E-state index in [9.17, 15) is 9.90 Å². The van der Waals surface area contributed by atoms with E-state index in [0.717, 1.165) is 41.0 Å². The SMILES string of the molecule is CC(C)N[C@@H](CO)c1ccc(-c2cc3c(N4CCN(C(=O)OC5COC5)CC4)ccnn3c2)cc1. The van der Waals surface area contributed by atoms with Crippen LogP contribution < -0.4 is 10.2 Å². The Hall–Kier alpha value is -3.14. The first-order chi connectivity index (χ1) is 17.0. The summed E-state index contributed by atoms with van der Waals surface area (Å²) in [6.07, 6.45) is 3.50. The van der Waals surface area contributed by atoms with Gasteiger partial charge in [-0.15, -0.1) is 0 Å². The first kappa shape index (κ1) is 23.6. The van der Waals surface area contributed by atoms with Gasteiger partial charge in [-0.05, 0) is 23.3 Å². The number of carbonyl (C=O) groups excluding carboxylic acids is 1. The predicted molar refractivity (Wildman–Crippen MR) is 134 cm³/mol. The van der Waals surface area contributed by atoms with Gasteiger partial charge in [-0.3, -0.25) is 0 Å². The van der Waals surface area contributed by atoms with E-state index in [1.54, 1.807) is 4.90 Å². The molecular formula is C26H33N5O4. The van der Waals surface area contributed by atoms with Gasteiger partial charge in [0.15, 0.2) is 6.10 Å². The molecule has 2 aliphatic rings. The van der Waals surface area contributed by atoms with Crippen molar-refractivity contribution in [2.75, 3.05) is 50.9 Å². The van der Waals surface area contributed by atoms with Crippen LogP contribution >= 0.6 is 0 Å². The molecule has 4 heterocycles. The summed E-state index contributed by atoms with van der Waals surface area (Å²) in [5, 5.41) is 17.7. The highest BCUT2D eigenvalue weighted by Gasteiger charge is 2.28. The molecule has 9 nitrogen and oxygen atoms in total. The van der Waals surface area contributed by atoms with Crippen molar-refractivity contribution in [3.8, 4) is 11.1 Å². The molecule has 2 saturated heterocycles. The number of ether oxygens (including phenoxy) is 2. The number of fused-ring (bicyclic) bond motifs is 1. The molecule has 2 fully saturated rings. The van der Waals surface area contributed by atoms with Crippen LogP contribution in [0.4, 0.5) is 10.5 Å². The van der Waals surface area contributed by atoms with Crippen LogP contribution in [0.25, 0.3) is 16.6 Å². The second-order valence-electron chi connectivity index (χ2n) is 9.47. The molecule has 2 aliphatic heterocycles. The number of amides is 1. The summed E-state index contributed by atoms with van der Waals surface area (Å²) in [6.45, 7) is 7.90. The largest absolute Gasteiger partial charge is 0.441 e. The summed E-state index contributed by atoms with van der Waals surface area (Å²) in [5.74, 6) is 0. The number of nitrogens with zero attached hydrogens (tertiary/aromatic N) is 4. The maximum absolute atomic E-state index is 12.4. The van der Waals surface area contributed by atoms with E-state index in [4.69, 9.17) is 9.47 Å². The van der Waals surface area contributed by atoms with E-state index in [1.165, 1.54) is 0 Å². The van der Waals surface area contributed by atoms with E-state index >= 15 is 0 Å². The van der Waals surface area contributed by atoms with Crippen LogP contribution in [0.1, 0.15) is 25.5 Å². The molecule has 2 aromatic heterocycles. The van der Waals surface area contributed by atoms with E-state index in [1.807, 2.05) is 23.0 Å². The van der Waals surface area contributed by atoms with Crippen molar-refractivity contribution in [3.05, 3.63) is 54.4 Å². The van der Waals surface area contributed by atoms with Crippen molar-refractivity contribution >= 4 is 17.3 Å². The normalized spacial score (nSPS) is 17.6. The standard InChI is InChI=1S/C26H33N5O4/c1-18(2)28-23(15-32)20-5-3-19(4-6-20)21-13-25-24(7-8-27-31(25)14-21)29-9-11-30(12-10-29)26(33)35-22-16-34-17-22/h3-8,13-14,18,22-23,28,32H,9-12,15-17H2,1-2H3/t23-/m0/s1. The fourth-order valence-corrected chi connectivity index (χ4v) is 4.62. The van der Waals surface area contributed by atoms with Gasteiger partial charge < -0.3 is 29.7 Å². The van der Waals surface area contributed by atoms with E-state index in [2.05, 4.69) is 59.5 Å². The third-order valence-electron chi connectivity index (χ3n) is 6.60. The quantitative estimate of drug-likeness (QED) is 0.538. The molecule has 35 heavy (non-hydrogen) atoms. The Morgan fingerprint density at radius 1 is 1.14 bits per heavy atom. The first-order valence-electron chi connectivity index (χ1n) is 12.2. The molecule has 3 aromatic rings. The van der Waals surface area contributed by atoms with E-state index < -0.39 is 0 Å². The number of benzene rings is 1. The molecule has 186 valence electrons. The Morgan fingerprint density at radius 3 is 2.51 bits per heavy atom. The summed E-state index contributed by atoms with van der Waals surface area (Å²) in [7, 11) is 0. The number of aliphatic hydroxyl groups is 1. The number of piperazine rings is 1. The molecule has 9 heteroatoms. The molecule has 1 amide bonds. The number of hydrogen-bond acceptors (Lipinski definition) is 7. The van der Waals surface area contributed by atoms with Crippen LogP contribution in [-0.2, 0) is 9.47 Å². The second-order valence-corrected chi connectivity index (χ2v) is 9.47. The summed E-state index contributed by atoms with van der Waals surface area (Å²) in [4.78, 5) is 16.4. The topological polar surface area (TPSA) is 91.6 Å². The highest BCUT2D eigenvalue weighted by Crippen LogP contribution is 2.29. The van der Waals surface area contributed by atoms with Crippen LogP contribution in [0.15, 0.2) is 48.8 Å². The molecule has 0 unspecified atom stereocenters. The number of carbonyl (C=O) groups is 1. The monoisotopic (exact) mass is 479 g/mol. The van der Waals surface area contributed by atoms with Crippen molar-refractivity contribution in [3.63, 3.8) is 0 Å². The van der Waals surface area contributed by atoms with Crippen LogP contribution in [0, 0.1) is 0 Å². The van der Waals surface area contributed by atoms with Gasteiger partial charge in [-0.2, -0.15) is 5.10 Å². The van der Waals surface area contributed by atoms with Gasteiger partial charge >= 0.3 is 6.09 Å². The average molecular weight is 480 g/mol. The maximum atomic E-state index is 12.4. The number of hydrogen-bond donors (Lipinski definition) is 2. The number of aromatic nitrogens is 2. The zero-order valence-electron chi connectivity index (χ0n) is 20.3. The zero-order valence-corrected chi connectivity index (χ0v) is 20.3. The lowest BCUT2D eigenvalue weighted by Gasteiger charge is -2.37. The predicted octanol–water partition coefficient (Wildman–Crippen LogP) is 2.69. The Balaban J connectivity index is 1.29. The molecule has 0 radical (unpaired) electrons. The number of rotatable bonds is 7. The third kappa shape index (κ3) is 5.12. The number of aliphatic hydroxyl groups excluding tert-OH is 1. The Bertz CT molecular complexity index is 1150. The van der Waals surface area contributed by atoms with E-state index in [-0.39, 0.29) is 30.9 Å². The molecule has 0 saturated carbocycles. The Kier molecular flexibility index (Phi) is 6.90. The van der Waals surface area contributed by atoms with Gasteiger partial charge in [0.25, 0.3) is 0 Å². The minimum atomic E-state index is -0.252. The van der Waals surface area contributed by atoms with Gasteiger partial charge in [0.2, 0.25) is 0 Å². The number of nitrogens with one attached hydrogen (secondary N) is 1. The van der Waals surface area contributed by atoms with Crippen LogP contribution in [-0.4, -0.2) is 83.9 Å². The zero-order chi connectivity index (χ0) is 24.4. The average Bonchev–Trinajstić information content (AvgIpc) is 3.29. The highest BCUT2D eigenvalue weighted by atomic mass is 16.6. The number of anilines is 1. The lowest BCUT2D eigenvalue weighted by molar-refractivity contribution is -0.104. The third-order valence-corrected chi connectivity index (χ3v) is 6.60. The minimum Gasteiger partial charge on any atom is -0.441 e. The van der Waals surface area contributed by atoms with Crippen molar-refractivity contribution in [2.24, 2.45) is 0 Å². The van der Waals surface area contributed by atoms with Crippen molar-refractivity contribution in [1.82, 2.24) is 19.8 Å². The first-order valence-corrected chi connectivity index (χ1v) is 12.2. The van der Waals surface area contributed by atoms with Crippen molar-refractivity contribution in [2.45, 2.75) is 32.0 Å². The smallest absolute Gasteiger partial charge is 0.410 e. The van der Waals surface area contributed by atoms with E-state index in [0.29, 0.717) is 26.3 Å². The molecule has 0 aliphatic carbocycles. The molecule has 0 spiro atoms. The molecular weight excluding hydrogens is 446 g/mol. The van der Waals surface area contributed by atoms with Crippen LogP contribution in [0.2, 0.25) is 0 Å². The van der Waals surface area contributed by atoms with Crippen molar-refractivity contribution in [1.29, 1.82) is 0 Å². The maximum Gasteiger partial charge on any atom is 0.410 e. The molecule has 2 N–H and O–H groups in total. The summed E-state index contributed by atoms with van der Waals surface area (Å²) in [5.41, 5.74) is 5.38. The van der Waals surface area contributed by atoms with Crippen LogP contribution in [0.5, 0.6) is 0 Å². The van der Waals surface area contributed by atoms with Gasteiger partial charge in [0, 0.05) is 50.2 Å². The summed E-state index contributed by atoms with van der Waals surface area (Å²) in [6, 6.07) is 12.7. The summed E-state index contributed by atoms with van der Waals surface area (Å²) < 4.78 is 12.4. The van der Waals surface area contributed by atoms with Gasteiger partial charge in [-0.1, -0.05) is 38.1 Å². The fourth-order valence-electron chi connectivity index (χ4n) is 4.62. The van der Waals surface area contributed by atoms with Crippen LogP contribution in [0.3, 0.4) is 0 Å². The molecule has 0 bridgehead atoms. The summed E-state index contributed by atoms with van der Waals surface area (Å²) >= 11 is 0. The van der Waals surface area contributed by atoms with Crippen molar-refractivity contribution < 1.29 is 19.4 Å². The Morgan fingerprint density at radius 2 is 1.89 bits per heavy atom. The minimum absolute atomic E-state index is 0.0565. The molecule has 1 atom stereocenters. The fraction of sp³-hybridized carbons (Fsp3) is 0.462. The van der Waals surface area contributed by atoms with Gasteiger partial charge in [-0.25, -0.2) is 9.31 Å². The molecule has 1 aromatic carbocycles.